The minimum absolute atomic E-state index is 0.0532. The summed E-state index contributed by atoms with van der Waals surface area (Å²) in [5, 5.41) is 5.28. The highest BCUT2D eigenvalue weighted by Gasteiger charge is 2.22. The van der Waals surface area contributed by atoms with E-state index in [0.29, 0.717) is 11.0 Å². The van der Waals surface area contributed by atoms with Gasteiger partial charge < -0.3 is 10.6 Å². The van der Waals surface area contributed by atoms with E-state index < -0.39 is 6.04 Å². The van der Waals surface area contributed by atoms with E-state index in [1.54, 1.807) is 0 Å². The first-order chi connectivity index (χ1) is 6.84. The first-order valence-corrected chi connectivity index (χ1v) is 5.52. The second kappa shape index (κ2) is 6.61. The normalized spacial score (nSPS) is 12.1. The fourth-order valence-corrected chi connectivity index (χ4v) is 1.19. The monoisotopic (exact) mass is 276 g/mol. The molecule has 15 heavy (non-hydrogen) atoms. The number of hydrogen-bond donors (Lipinski definition) is 2. The number of carbonyl (C=O) groups is 2. The third-order valence-corrected chi connectivity index (χ3v) is 2.04. The SMILES string of the molecule is C=C(Br)CNC(=O)C(NC(C)=O)C(C)C. The number of amides is 2. The van der Waals surface area contributed by atoms with Gasteiger partial charge in [-0.2, -0.15) is 0 Å². The standard InChI is InChI=1S/C10H17BrN2O2/c1-6(2)9(13-8(4)14)10(15)12-5-7(3)11/h6,9H,3,5H2,1-2,4H3,(H,12,15)(H,13,14). The summed E-state index contributed by atoms with van der Waals surface area (Å²) in [6, 6.07) is -0.491. The Balaban J connectivity index is 4.29. The van der Waals surface area contributed by atoms with Crippen LogP contribution in [0.1, 0.15) is 20.8 Å². The molecule has 1 atom stereocenters. The topological polar surface area (TPSA) is 58.2 Å². The molecule has 0 saturated carbocycles. The zero-order chi connectivity index (χ0) is 12.0. The van der Waals surface area contributed by atoms with Crippen molar-refractivity contribution in [3.05, 3.63) is 11.1 Å². The molecular formula is C10H17BrN2O2. The van der Waals surface area contributed by atoms with Crippen LogP contribution in [0.3, 0.4) is 0 Å². The highest BCUT2D eigenvalue weighted by atomic mass is 79.9. The zero-order valence-corrected chi connectivity index (χ0v) is 10.8. The molecule has 0 aliphatic rings. The van der Waals surface area contributed by atoms with Crippen molar-refractivity contribution in [3.63, 3.8) is 0 Å². The lowest BCUT2D eigenvalue weighted by molar-refractivity contribution is -0.129. The lowest BCUT2D eigenvalue weighted by atomic mass is 10.0. The molecule has 0 saturated heterocycles. The van der Waals surface area contributed by atoms with Gasteiger partial charge in [0.25, 0.3) is 0 Å². The highest BCUT2D eigenvalue weighted by Crippen LogP contribution is 2.03. The Morgan fingerprint density at radius 2 is 1.93 bits per heavy atom. The molecule has 0 radical (unpaired) electrons. The summed E-state index contributed by atoms with van der Waals surface area (Å²) < 4.78 is 0.696. The molecule has 0 fully saturated rings. The van der Waals surface area contributed by atoms with Crippen LogP contribution >= 0.6 is 15.9 Å². The number of carbonyl (C=O) groups excluding carboxylic acids is 2. The van der Waals surface area contributed by atoms with Crippen LogP contribution in [0.5, 0.6) is 0 Å². The Morgan fingerprint density at radius 3 is 2.27 bits per heavy atom. The molecule has 0 heterocycles. The van der Waals surface area contributed by atoms with E-state index in [9.17, 15) is 9.59 Å². The second-order valence-corrected chi connectivity index (χ2v) is 4.78. The van der Waals surface area contributed by atoms with Crippen molar-refractivity contribution in [1.82, 2.24) is 10.6 Å². The van der Waals surface area contributed by atoms with Crippen molar-refractivity contribution in [3.8, 4) is 0 Å². The van der Waals surface area contributed by atoms with Crippen LogP contribution in [-0.2, 0) is 9.59 Å². The Kier molecular flexibility index (Phi) is 6.24. The van der Waals surface area contributed by atoms with E-state index in [4.69, 9.17) is 0 Å². The van der Waals surface area contributed by atoms with Gasteiger partial charge in [0.1, 0.15) is 6.04 Å². The Bertz CT molecular complexity index is 264. The third kappa shape index (κ3) is 6.28. The molecular weight excluding hydrogens is 260 g/mol. The van der Waals surface area contributed by atoms with Gasteiger partial charge in [-0.25, -0.2) is 0 Å². The number of hydrogen-bond acceptors (Lipinski definition) is 2. The first-order valence-electron chi connectivity index (χ1n) is 4.72. The maximum atomic E-state index is 11.6. The minimum Gasteiger partial charge on any atom is -0.350 e. The molecule has 86 valence electrons. The Hall–Kier alpha value is -0.840. The van der Waals surface area contributed by atoms with E-state index in [1.807, 2.05) is 13.8 Å². The van der Waals surface area contributed by atoms with Crippen molar-refractivity contribution < 1.29 is 9.59 Å². The van der Waals surface area contributed by atoms with Gasteiger partial charge in [0.2, 0.25) is 11.8 Å². The van der Waals surface area contributed by atoms with Gasteiger partial charge in [-0.3, -0.25) is 9.59 Å². The van der Waals surface area contributed by atoms with Crippen molar-refractivity contribution in [2.75, 3.05) is 6.54 Å². The predicted octanol–water partition coefficient (Wildman–Crippen LogP) is 1.17. The zero-order valence-electron chi connectivity index (χ0n) is 9.26. The predicted molar refractivity (Wildman–Crippen MR) is 63.5 cm³/mol. The fraction of sp³-hybridized carbons (Fsp3) is 0.600. The van der Waals surface area contributed by atoms with E-state index in [0.717, 1.165) is 0 Å². The molecule has 2 amide bonds. The van der Waals surface area contributed by atoms with Crippen LogP contribution in [-0.4, -0.2) is 24.4 Å². The van der Waals surface area contributed by atoms with Crippen molar-refractivity contribution in [1.29, 1.82) is 0 Å². The van der Waals surface area contributed by atoms with E-state index in [-0.39, 0.29) is 17.7 Å². The van der Waals surface area contributed by atoms with Gasteiger partial charge in [0, 0.05) is 18.0 Å². The number of nitrogens with one attached hydrogen (secondary N) is 2. The Labute approximate surface area is 98.6 Å². The smallest absolute Gasteiger partial charge is 0.243 e. The summed E-state index contributed by atoms with van der Waals surface area (Å²) in [7, 11) is 0. The van der Waals surface area contributed by atoms with Crippen LogP contribution in [0.4, 0.5) is 0 Å². The molecule has 0 bridgehead atoms. The molecule has 0 aromatic carbocycles. The minimum atomic E-state index is -0.491. The summed E-state index contributed by atoms with van der Waals surface area (Å²) in [5.74, 6) is -0.347. The fourth-order valence-electron chi connectivity index (χ4n) is 1.05. The molecule has 0 aliphatic heterocycles. The lowest BCUT2D eigenvalue weighted by Crippen LogP contribution is -2.49. The third-order valence-electron chi connectivity index (χ3n) is 1.76. The summed E-state index contributed by atoms with van der Waals surface area (Å²) >= 11 is 3.14. The summed E-state index contributed by atoms with van der Waals surface area (Å²) in [4.78, 5) is 22.5. The average molecular weight is 277 g/mol. The van der Waals surface area contributed by atoms with Gasteiger partial charge in [0.05, 0.1) is 0 Å². The molecule has 1 unspecified atom stereocenters. The van der Waals surface area contributed by atoms with Gasteiger partial charge >= 0.3 is 0 Å². The molecule has 0 spiro atoms. The van der Waals surface area contributed by atoms with Crippen molar-refractivity contribution in [2.24, 2.45) is 5.92 Å². The van der Waals surface area contributed by atoms with Gasteiger partial charge in [-0.15, -0.1) is 0 Å². The summed E-state index contributed by atoms with van der Waals surface area (Å²) in [5.41, 5.74) is 0. The van der Waals surface area contributed by atoms with Gasteiger partial charge in [0.15, 0.2) is 0 Å². The molecule has 0 aliphatic carbocycles. The average Bonchev–Trinajstić information content (AvgIpc) is 2.09. The molecule has 5 heteroatoms. The Morgan fingerprint density at radius 1 is 1.40 bits per heavy atom. The van der Waals surface area contributed by atoms with Gasteiger partial charge in [-0.1, -0.05) is 36.4 Å². The maximum Gasteiger partial charge on any atom is 0.243 e. The van der Waals surface area contributed by atoms with E-state index in [1.165, 1.54) is 6.92 Å². The second-order valence-electron chi connectivity index (χ2n) is 3.66. The van der Waals surface area contributed by atoms with Crippen molar-refractivity contribution >= 4 is 27.7 Å². The van der Waals surface area contributed by atoms with E-state index >= 15 is 0 Å². The number of halogens is 1. The first kappa shape index (κ1) is 14.2. The molecule has 0 rings (SSSR count). The van der Waals surface area contributed by atoms with Crippen LogP contribution in [0, 0.1) is 5.92 Å². The van der Waals surface area contributed by atoms with Gasteiger partial charge in [-0.05, 0) is 5.92 Å². The highest BCUT2D eigenvalue weighted by molar-refractivity contribution is 9.11. The summed E-state index contributed by atoms with van der Waals surface area (Å²) in [6.07, 6.45) is 0. The van der Waals surface area contributed by atoms with Crippen LogP contribution < -0.4 is 10.6 Å². The number of rotatable bonds is 5. The quantitative estimate of drug-likeness (QED) is 0.792. The molecule has 0 aromatic heterocycles. The van der Waals surface area contributed by atoms with Crippen LogP contribution in [0.2, 0.25) is 0 Å². The molecule has 2 N–H and O–H groups in total. The van der Waals surface area contributed by atoms with Crippen LogP contribution in [0.15, 0.2) is 11.1 Å². The van der Waals surface area contributed by atoms with Crippen molar-refractivity contribution in [2.45, 2.75) is 26.8 Å². The van der Waals surface area contributed by atoms with Crippen LogP contribution in [0.25, 0.3) is 0 Å². The van der Waals surface area contributed by atoms with E-state index in [2.05, 4.69) is 33.1 Å². The molecule has 0 aromatic rings. The molecule has 4 nitrogen and oxygen atoms in total. The summed E-state index contributed by atoms with van der Waals surface area (Å²) in [6.45, 7) is 9.12. The largest absolute Gasteiger partial charge is 0.350 e. The lowest BCUT2D eigenvalue weighted by Gasteiger charge is -2.20. The maximum absolute atomic E-state index is 11.6.